The van der Waals surface area contributed by atoms with Crippen molar-refractivity contribution in [1.82, 2.24) is 0 Å². The lowest BCUT2D eigenvalue weighted by atomic mass is 9.32. The minimum atomic E-state index is -0.0180. The summed E-state index contributed by atoms with van der Waals surface area (Å²) in [7, 11) is 0. The average Bonchev–Trinajstić information content (AvgIpc) is 3.68. The minimum absolute atomic E-state index is 0.0180. The van der Waals surface area contributed by atoms with Gasteiger partial charge < -0.3 is 14.7 Å². The molecule has 1 aliphatic carbocycles. The molecule has 0 bridgehead atoms. The number of allylic oxidation sites excluding steroid dienone is 1. The van der Waals surface area contributed by atoms with Gasteiger partial charge in [0.15, 0.2) is 0 Å². The van der Waals surface area contributed by atoms with Crippen molar-refractivity contribution in [3.8, 4) is 11.1 Å². The fourth-order valence-electron chi connectivity index (χ4n) is 10.2. The van der Waals surface area contributed by atoms with E-state index in [4.69, 9.17) is 0 Å². The molecule has 9 aromatic rings. The van der Waals surface area contributed by atoms with E-state index in [1.54, 1.807) is 0 Å². The molecule has 1 atom stereocenters. The number of rotatable bonds is 7. The van der Waals surface area contributed by atoms with Crippen molar-refractivity contribution in [2.24, 2.45) is 0 Å². The summed E-state index contributed by atoms with van der Waals surface area (Å²) in [5.41, 5.74) is 20.9. The SMILES string of the molecule is c1ccc(-c2cccc(N3C4=C(B5c6ccc(N(c7ccccc7)c7ccccc7)cc6N(c6ccccc6)c6cccc3c65)c3ccccc3C4c3ccccc3)c2)cc1. The second kappa shape index (κ2) is 14.5. The first-order chi connectivity index (χ1) is 30.3. The van der Waals surface area contributed by atoms with Gasteiger partial charge >= 0.3 is 0 Å². The van der Waals surface area contributed by atoms with Gasteiger partial charge in [-0.05, 0) is 117 Å². The summed E-state index contributed by atoms with van der Waals surface area (Å²) >= 11 is 0. The van der Waals surface area contributed by atoms with Crippen LogP contribution in [0.3, 0.4) is 0 Å². The summed E-state index contributed by atoms with van der Waals surface area (Å²) in [6, 6.07) is 86.6. The summed E-state index contributed by atoms with van der Waals surface area (Å²) in [6.45, 7) is -0.0180. The first kappa shape index (κ1) is 35.2. The predicted octanol–water partition coefficient (Wildman–Crippen LogP) is 13.5. The summed E-state index contributed by atoms with van der Waals surface area (Å²) in [6.07, 6.45) is 0. The lowest BCUT2D eigenvalue weighted by Gasteiger charge is -2.45. The monoisotopic (exact) mass is 777 g/mol. The van der Waals surface area contributed by atoms with Gasteiger partial charge in [-0.3, -0.25) is 0 Å². The Kier molecular flexibility index (Phi) is 8.34. The molecule has 0 N–H and O–H groups in total. The third-order valence-electron chi connectivity index (χ3n) is 12.7. The van der Waals surface area contributed by atoms with Gasteiger partial charge in [0.2, 0.25) is 0 Å². The Hall–Kier alpha value is -7.82. The van der Waals surface area contributed by atoms with Gasteiger partial charge in [0.1, 0.15) is 0 Å². The zero-order valence-corrected chi connectivity index (χ0v) is 33.5. The molecular formula is C57H40BN3. The van der Waals surface area contributed by atoms with E-state index in [1.807, 2.05) is 0 Å². The maximum Gasteiger partial charge on any atom is 0.252 e. The predicted molar refractivity (Wildman–Crippen MR) is 256 cm³/mol. The van der Waals surface area contributed by atoms with E-state index in [0.29, 0.717) is 0 Å². The third-order valence-corrected chi connectivity index (χ3v) is 12.7. The first-order valence-electron chi connectivity index (χ1n) is 21.2. The van der Waals surface area contributed by atoms with E-state index >= 15 is 0 Å². The van der Waals surface area contributed by atoms with Crippen molar-refractivity contribution in [1.29, 1.82) is 0 Å². The van der Waals surface area contributed by atoms with Gasteiger partial charge in [-0.15, -0.1) is 0 Å². The average molecular weight is 778 g/mol. The molecule has 0 amide bonds. The normalized spacial score (nSPS) is 14.6. The maximum absolute atomic E-state index is 2.60. The Bertz CT molecular complexity index is 3060. The zero-order chi connectivity index (χ0) is 40.3. The maximum atomic E-state index is 2.60. The Morgan fingerprint density at radius 2 is 0.951 bits per heavy atom. The summed E-state index contributed by atoms with van der Waals surface area (Å²) in [5, 5.41) is 0. The van der Waals surface area contributed by atoms with Gasteiger partial charge in [-0.25, -0.2) is 0 Å². The van der Waals surface area contributed by atoms with Crippen molar-refractivity contribution in [3.63, 3.8) is 0 Å². The van der Waals surface area contributed by atoms with Crippen LogP contribution in [-0.2, 0) is 0 Å². The van der Waals surface area contributed by atoms with Crippen LogP contribution in [0.4, 0.5) is 45.5 Å². The number of anilines is 8. The molecule has 286 valence electrons. The van der Waals surface area contributed by atoms with Crippen LogP contribution >= 0.6 is 0 Å². The second-order valence-electron chi connectivity index (χ2n) is 16.0. The molecule has 0 radical (unpaired) electrons. The molecule has 0 fully saturated rings. The standard InChI is InChI=1S/C57H40BN3/c1-6-20-40(21-7-1)42-24-18-31-46(38-42)61-52-35-19-34-51-56(52)58(55-49-33-17-16-32-48(49)54(57(55)61)41-22-8-2-9-23-41)50-37-36-47(39-53(50)60(51)45-29-14-5-15-30-45)59(43-25-10-3-11-26-43)44-27-12-4-13-28-44/h1-39,54H. The summed E-state index contributed by atoms with van der Waals surface area (Å²) in [4.78, 5) is 7.48. The third kappa shape index (κ3) is 5.67. The largest absolute Gasteiger partial charge is 0.314 e. The van der Waals surface area contributed by atoms with E-state index in [0.717, 1.165) is 28.4 Å². The Morgan fingerprint density at radius 1 is 0.393 bits per heavy atom. The number of hydrogen-bond acceptors (Lipinski definition) is 3. The molecule has 61 heavy (non-hydrogen) atoms. The molecule has 3 aliphatic rings. The highest BCUT2D eigenvalue weighted by Crippen LogP contribution is 2.56. The molecular weight excluding hydrogens is 737 g/mol. The fourth-order valence-corrected chi connectivity index (χ4v) is 10.2. The van der Waals surface area contributed by atoms with Gasteiger partial charge in [-0.1, -0.05) is 164 Å². The van der Waals surface area contributed by atoms with E-state index in [1.165, 1.54) is 67.0 Å². The van der Waals surface area contributed by atoms with Crippen LogP contribution in [0.1, 0.15) is 22.6 Å². The highest BCUT2D eigenvalue weighted by molar-refractivity contribution is 7.03. The smallest absolute Gasteiger partial charge is 0.252 e. The molecule has 3 nitrogen and oxygen atoms in total. The molecule has 0 spiro atoms. The second-order valence-corrected chi connectivity index (χ2v) is 16.0. The van der Waals surface area contributed by atoms with Crippen LogP contribution in [0.5, 0.6) is 0 Å². The van der Waals surface area contributed by atoms with Crippen molar-refractivity contribution >= 4 is 68.6 Å². The Balaban J connectivity index is 1.16. The van der Waals surface area contributed by atoms with Gasteiger partial charge in [0.25, 0.3) is 6.71 Å². The van der Waals surface area contributed by atoms with Gasteiger partial charge in [-0.2, -0.15) is 0 Å². The van der Waals surface area contributed by atoms with Crippen LogP contribution in [0.2, 0.25) is 0 Å². The number of benzene rings is 9. The molecule has 2 heterocycles. The molecule has 9 aromatic carbocycles. The summed E-state index contributed by atoms with van der Waals surface area (Å²) in [5.74, 6) is 0.0334. The van der Waals surface area contributed by atoms with Crippen LogP contribution < -0.4 is 25.6 Å². The Morgan fingerprint density at radius 3 is 1.66 bits per heavy atom. The van der Waals surface area contributed by atoms with E-state index in [-0.39, 0.29) is 12.6 Å². The van der Waals surface area contributed by atoms with Crippen LogP contribution in [0.15, 0.2) is 242 Å². The van der Waals surface area contributed by atoms with Crippen molar-refractivity contribution in [3.05, 3.63) is 259 Å². The molecule has 4 heteroatoms. The summed E-state index contributed by atoms with van der Waals surface area (Å²) < 4.78 is 0. The van der Waals surface area contributed by atoms with Crippen molar-refractivity contribution in [2.75, 3.05) is 14.7 Å². The first-order valence-corrected chi connectivity index (χ1v) is 21.2. The molecule has 12 rings (SSSR count). The number of fused-ring (bicyclic) bond motifs is 5. The lowest BCUT2D eigenvalue weighted by molar-refractivity contribution is 0.930. The highest BCUT2D eigenvalue weighted by Gasteiger charge is 2.50. The molecule has 2 aliphatic heterocycles. The molecule has 0 saturated carbocycles. The number of para-hydroxylation sites is 3. The van der Waals surface area contributed by atoms with Crippen LogP contribution in [0, 0.1) is 0 Å². The highest BCUT2D eigenvalue weighted by atomic mass is 15.2. The number of nitrogens with zero attached hydrogens (tertiary/aromatic N) is 3. The quantitative estimate of drug-likeness (QED) is 0.149. The Labute approximate surface area is 357 Å². The molecule has 1 unspecified atom stereocenters. The van der Waals surface area contributed by atoms with Crippen molar-refractivity contribution in [2.45, 2.75) is 5.92 Å². The van der Waals surface area contributed by atoms with Crippen molar-refractivity contribution < 1.29 is 0 Å². The lowest BCUT2D eigenvalue weighted by Crippen LogP contribution is -2.55. The van der Waals surface area contributed by atoms with Crippen LogP contribution in [0.25, 0.3) is 16.6 Å². The van der Waals surface area contributed by atoms with Crippen LogP contribution in [-0.4, -0.2) is 6.71 Å². The topological polar surface area (TPSA) is 9.72 Å². The fraction of sp³-hybridized carbons (Fsp3) is 0.0175. The van der Waals surface area contributed by atoms with E-state index in [9.17, 15) is 0 Å². The van der Waals surface area contributed by atoms with Gasteiger partial charge in [0.05, 0.1) is 0 Å². The van der Waals surface area contributed by atoms with E-state index in [2.05, 4.69) is 251 Å². The number of hydrogen-bond donors (Lipinski definition) is 0. The minimum Gasteiger partial charge on any atom is -0.314 e. The zero-order valence-electron chi connectivity index (χ0n) is 33.5. The molecule has 0 saturated heterocycles. The molecule has 0 aromatic heterocycles. The van der Waals surface area contributed by atoms with E-state index < -0.39 is 0 Å². The van der Waals surface area contributed by atoms with Gasteiger partial charge in [0, 0.05) is 57.1 Å².